The first-order chi connectivity index (χ1) is 11.3. The van der Waals surface area contributed by atoms with Gasteiger partial charge in [0.1, 0.15) is 11.3 Å². The van der Waals surface area contributed by atoms with Gasteiger partial charge in [0.15, 0.2) is 5.75 Å². The van der Waals surface area contributed by atoms with Gasteiger partial charge < -0.3 is 4.74 Å². The molecule has 6 heteroatoms. The van der Waals surface area contributed by atoms with E-state index in [1.807, 2.05) is 30.3 Å². The number of fused-ring (bicyclic) bond motifs is 1. The van der Waals surface area contributed by atoms with Gasteiger partial charge in [0.25, 0.3) is 5.56 Å². The molecular weight excluding hydrogens is 292 g/mol. The highest BCUT2D eigenvalue weighted by Gasteiger charge is 2.11. The molecule has 0 saturated heterocycles. The van der Waals surface area contributed by atoms with Crippen molar-refractivity contribution in [2.24, 2.45) is 0 Å². The molecule has 0 aliphatic rings. The second-order valence-corrected chi connectivity index (χ2v) is 4.91. The second kappa shape index (κ2) is 5.42. The molecule has 1 N–H and O–H groups in total. The summed E-state index contributed by atoms with van der Waals surface area (Å²) in [7, 11) is 0. The summed E-state index contributed by atoms with van der Waals surface area (Å²) >= 11 is 0. The lowest BCUT2D eigenvalue weighted by Gasteiger charge is -2.09. The minimum absolute atomic E-state index is 0.237. The lowest BCUT2D eigenvalue weighted by atomic mass is 10.2. The van der Waals surface area contributed by atoms with Crippen molar-refractivity contribution in [2.45, 2.75) is 0 Å². The summed E-state index contributed by atoms with van der Waals surface area (Å²) in [6.07, 6.45) is 3.33. The van der Waals surface area contributed by atoms with Gasteiger partial charge in [-0.05, 0) is 30.3 Å². The lowest BCUT2D eigenvalue weighted by molar-refractivity contribution is 0.487. The smallest absolute Gasteiger partial charge is 0.260 e. The maximum atomic E-state index is 12.3. The summed E-state index contributed by atoms with van der Waals surface area (Å²) in [6.45, 7) is 0. The van der Waals surface area contributed by atoms with Crippen LogP contribution in [-0.4, -0.2) is 19.7 Å². The first kappa shape index (κ1) is 13.3. The van der Waals surface area contributed by atoms with Gasteiger partial charge in [-0.1, -0.05) is 24.3 Å². The molecule has 23 heavy (non-hydrogen) atoms. The lowest BCUT2D eigenvalue weighted by Crippen LogP contribution is -2.14. The highest BCUT2D eigenvalue weighted by Crippen LogP contribution is 2.27. The van der Waals surface area contributed by atoms with Crippen LogP contribution in [-0.2, 0) is 0 Å². The monoisotopic (exact) mass is 304 g/mol. The van der Waals surface area contributed by atoms with E-state index in [4.69, 9.17) is 4.74 Å². The highest BCUT2D eigenvalue weighted by molar-refractivity contribution is 5.84. The molecule has 2 aromatic heterocycles. The zero-order valence-electron chi connectivity index (χ0n) is 12.0. The van der Waals surface area contributed by atoms with Gasteiger partial charge in [-0.2, -0.15) is 5.10 Å². The van der Waals surface area contributed by atoms with E-state index in [0.717, 1.165) is 0 Å². The first-order valence-corrected chi connectivity index (χ1v) is 7.07. The molecule has 4 rings (SSSR count). The van der Waals surface area contributed by atoms with Crippen LogP contribution in [0.5, 0.6) is 11.5 Å². The topological polar surface area (TPSA) is 72.8 Å². The molecule has 0 aliphatic heterocycles. The van der Waals surface area contributed by atoms with Crippen LogP contribution in [0, 0.1) is 0 Å². The van der Waals surface area contributed by atoms with Crippen LogP contribution in [0.4, 0.5) is 0 Å². The molecule has 0 spiro atoms. The Hall–Kier alpha value is -3.41. The van der Waals surface area contributed by atoms with Crippen LogP contribution in [0.25, 0.3) is 16.9 Å². The van der Waals surface area contributed by atoms with Crippen molar-refractivity contribution in [3.63, 3.8) is 0 Å². The summed E-state index contributed by atoms with van der Waals surface area (Å²) in [5, 5.41) is 4.56. The first-order valence-electron chi connectivity index (χ1n) is 7.07. The van der Waals surface area contributed by atoms with Gasteiger partial charge in [-0.3, -0.25) is 9.78 Å². The zero-order chi connectivity index (χ0) is 15.6. The molecule has 0 bridgehead atoms. The number of aromatic amines is 1. The van der Waals surface area contributed by atoms with Crippen LogP contribution >= 0.6 is 0 Å². The number of benzene rings is 2. The van der Waals surface area contributed by atoms with Crippen molar-refractivity contribution in [3.8, 4) is 17.4 Å². The van der Waals surface area contributed by atoms with Gasteiger partial charge >= 0.3 is 0 Å². The number of H-pyrrole nitrogens is 1. The predicted octanol–water partition coefficient (Wildman–Crippen LogP) is 2.90. The SMILES string of the molecule is O=c1[nH]c(-n2cccn2)nc2c(Oc3ccccc3)cccc12. The van der Waals surface area contributed by atoms with E-state index in [1.165, 1.54) is 4.68 Å². The molecule has 0 saturated carbocycles. The minimum Gasteiger partial charge on any atom is -0.455 e. The van der Waals surface area contributed by atoms with E-state index in [2.05, 4.69) is 15.1 Å². The third-order valence-electron chi connectivity index (χ3n) is 3.38. The van der Waals surface area contributed by atoms with Gasteiger partial charge in [-0.25, -0.2) is 9.67 Å². The summed E-state index contributed by atoms with van der Waals surface area (Å²) in [5.41, 5.74) is 0.254. The summed E-state index contributed by atoms with van der Waals surface area (Å²) in [5.74, 6) is 1.55. The molecule has 0 atom stereocenters. The number of hydrogen-bond donors (Lipinski definition) is 1. The number of aromatic nitrogens is 4. The van der Waals surface area contributed by atoms with E-state index in [0.29, 0.717) is 28.4 Å². The highest BCUT2D eigenvalue weighted by atomic mass is 16.5. The normalized spacial score (nSPS) is 10.8. The fourth-order valence-electron chi connectivity index (χ4n) is 2.32. The Kier molecular flexibility index (Phi) is 3.12. The fourth-order valence-corrected chi connectivity index (χ4v) is 2.32. The molecule has 4 aromatic rings. The van der Waals surface area contributed by atoms with Crippen LogP contribution in [0.3, 0.4) is 0 Å². The molecule has 0 aliphatic carbocycles. The van der Waals surface area contributed by atoms with E-state index >= 15 is 0 Å². The van der Waals surface area contributed by atoms with Gasteiger partial charge in [0.2, 0.25) is 5.95 Å². The van der Waals surface area contributed by atoms with Crippen LogP contribution < -0.4 is 10.3 Å². The minimum atomic E-state index is -0.237. The zero-order valence-corrected chi connectivity index (χ0v) is 12.0. The Morgan fingerprint density at radius 3 is 2.65 bits per heavy atom. The maximum Gasteiger partial charge on any atom is 0.260 e. The average molecular weight is 304 g/mol. The predicted molar refractivity (Wildman–Crippen MR) is 86.0 cm³/mol. The third kappa shape index (κ3) is 2.46. The molecule has 0 amide bonds. The largest absolute Gasteiger partial charge is 0.455 e. The third-order valence-corrected chi connectivity index (χ3v) is 3.38. The number of rotatable bonds is 3. The Balaban J connectivity index is 1.89. The van der Waals surface area contributed by atoms with Crippen molar-refractivity contribution in [1.82, 2.24) is 19.7 Å². The van der Waals surface area contributed by atoms with E-state index in [1.54, 1.807) is 36.7 Å². The number of nitrogens with zero attached hydrogens (tertiary/aromatic N) is 3. The molecule has 0 fully saturated rings. The van der Waals surface area contributed by atoms with Crippen molar-refractivity contribution in [3.05, 3.63) is 77.3 Å². The Labute approximate surface area is 131 Å². The maximum absolute atomic E-state index is 12.3. The van der Waals surface area contributed by atoms with Gasteiger partial charge in [0, 0.05) is 12.4 Å². The van der Waals surface area contributed by atoms with Crippen LogP contribution in [0.2, 0.25) is 0 Å². The van der Waals surface area contributed by atoms with Gasteiger partial charge in [-0.15, -0.1) is 0 Å². The molecule has 112 valence electrons. The number of ether oxygens (including phenoxy) is 1. The van der Waals surface area contributed by atoms with Crippen molar-refractivity contribution >= 4 is 10.9 Å². The van der Waals surface area contributed by atoms with Gasteiger partial charge in [0.05, 0.1) is 5.39 Å². The number of para-hydroxylation sites is 2. The molecule has 2 aromatic carbocycles. The van der Waals surface area contributed by atoms with Crippen LogP contribution in [0.15, 0.2) is 71.8 Å². The molecule has 6 nitrogen and oxygen atoms in total. The van der Waals surface area contributed by atoms with E-state index < -0.39 is 0 Å². The Morgan fingerprint density at radius 2 is 1.87 bits per heavy atom. The Bertz CT molecular complexity index is 1010. The quantitative estimate of drug-likeness (QED) is 0.631. The van der Waals surface area contributed by atoms with Crippen LogP contribution in [0.1, 0.15) is 0 Å². The summed E-state index contributed by atoms with van der Waals surface area (Å²) in [4.78, 5) is 19.5. The fraction of sp³-hybridized carbons (Fsp3) is 0. The average Bonchev–Trinajstić information content (AvgIpc) is 3.11. The van der Waals surface area contributed by atoms with Crippen molar-refractivity contribution < 1.29 is 4.74 Å². The van der Waals surface area contributed by atoms with Crippen molar-refractivity contribution in [1.29, 1.82) is 0 Å². The van der Waals surface area contributed by atoms with E-state index in [9.17, 15) is 4.79 Å². The number of hydrogen-bond acceptors (Lipinski definition) is 4. The number of nitrogens with one attached hydrogen (secondary N) is 1. The second-order valence-electron chi connectivity index (χ2n) is 4.91. The standard InChI is InChI=1S/C17H12N4O2/c22-16-13-8-4-9-14(23-12-6-2-1-3-7-12)15(13)19-17(20-16)21-11-5-10-18-21/h1-11H,(H,19,20,22). The van der Waals surface area contributed by atoms with Crippen molar-refractivity contribution in [2.75, 3.05) is 0 Å². The molecular formula is C17H12N4O2. The van der Waals surface area contributed by atoms with E-state index in [-0.39, 0.29) is 5.56 Å². The molecule has 0 radical (unpaired) electrons. The summed E-state index contributed by atoms with van der Waals surface area (Å²) < 4.78 is 7.37. The molecule has 2 heterocycles. The summed E-state index contributed by atoms with van der Waals surface area (Å²) in [6, 6.07) is 16.4. The Morgan fingerprint density at radius 1 is 1.00 bits per heavy atom. The molecule has 0 unspecified atom stereocenters.